The van der Waals surface area contributed by atoms with Gasteiger partial charge in [-0.3, -0.25) is 0 Å². The molecule has 1 aromatic carbocycles. The Hall–Kier alpha value is -1.35. The molecule has 0 radical (unpaired) electrons. The van der Waals surface area contributed by atoms with E-state index in [1.54, 1.807) is 11.3 Å². The van der Waals surface area contributed by atoms with E-state index >= 15 is 0 Å². The molecule has 0 unspecified atom stereocenters. The van der Waals surface area contributed by atoms with E-state index in [1.165, 1.54) is 0 Å². The van der Waals surface area contributed by atoms with Gasteiger partial charge in [-0.05, 0) is 18.2 Å². The lowest BCUT2D eigenvalue weighted by atomic mass is 10.2. The van der Waals surface area contributed by atoms with Crippen LogP contribution in [0, 0.1) is 11.3 Å². The van der Waals surface area contributed by atoms with Gasteiger partial charge in [-0.1, -0.05) is 22.0 Å². The quantitative estimate of drug-likeness (QED) is 0.906. The first-order valence-corrected chi connectivity index (χ1v) is 7.01. The molecule has 92 valence electrons. The highest BCUT2D eigenvalue weighted by atomic mass is 79.9. The second-order valence-electron chi connectivity index (χ2n) is 3.69. The molecule has 0 fully saturated rings. The van der Waals surface area contributed by atoms with Crippen molar-refractivity contribution in [2.45, 2.75) is 13.2 Å². The van der Waals surface area contributed by atoms with E-state index in [0.717, 1.165) is 20.6 Å². The molecule has 2 N–H and O–H groups in total. The van der Waals surface area contributed by atoms with Crippen LogP contribution >= 0.6 is 27.3 Å². The molecule has 2 aromatic rings. The summed E-state index contributed by atoms with van der Waals surface area (Å²) in [6, 6.07) is 9.72. The summed E-state index contributed by atoms with van der Waals surface area (Å²) in [5, 5.41) is 23.2. The Balaban J connectivity index is 2.11. The van der Waals surface area contributed by atoms with E-state index in [0.29, 0.717) is 12.1 Å². The highest BCUT2D eigenvalue weighted by Crippen LogP contribution is 2.25. The number of anilines is 1. The van der Waals surface area contributed by atoms with E-state index in [4.69, 9.17) is 5.26 Å². The van der Waals surface area contributed by atoms with Gasteiger partial charge in [0.25, 0.3) is 0 Å². The smallest absolute Gasteiger partial charge is 0.100 e. The van der Waals surface area contributed by atoms with Gasteiger partial charge >= 0.3 is 0 Å². The maximum Gasteiger partial charge on any atom is 0.100 e. The molecule has 0 spiro atoms. The van der Waals surface area contributed by atoms with Crippen LogP contribution < -0.4 is 5.32 Å². The lowest BCUT2D eigenvalue weighted by molar-refractivity contribution is 0.281. The number of hydrogen-bond acceptors (Lipinski definition) is 4. The van der Waals surface area contributed by atoms with Crippen molar-refractivity contribution in [1.82, 2.24) is 0 Å². The van der Waals surface area contributed by atoms with Crippen molar-refractivity contribution in [1.29, 1.82) is 5.26 Å². The molecule has 0 saturated heterocycles. The first-order valence-electron chi connectivity index (χ1n) is 5.34. The molecule has 1 heterocycles. The number of nitrogens with one attached hydrogen (secondary N) is 1. The standard InChI is InChI=1S/C13H11BrN2OS/c14-12-2-1-3-13(11(12)7-17)16-6-10-4-9(5-15)8-18-10/h1-4,8,16-17H,6-7H2. The molecule has 0 aliphatic carbocycles. The molecule has 2 rings (SSSR count). The molecule has 0 saturated carbocycles. The highest BCUT2D eigenvalue weighted by molar-refractivity contribution is 9.10. The third kappa shape index (κ3) is 2.91. The van der Waals surface area contributed by atoms with Gasteiger partial charge in [0, 0.05) is 32.5 Å². The van der Waals surface area contributed by atoms with Crippen molar-refractivity contribution in [3.8, 4) is 6.07 Å². The maximum atomic E-state index is 9.33. The van der Waals surface area contributed by atoms with E-state index in [1.807, 2.05) is 29.6 Å². The molecule has 0 amide bonds. The Bertz CT molecular complexity index is 589. The number of benzene rings is 1. The molecule has 5 heteroatoms. The van der Waals surface area contributed by atoms with Crippen LogP contribution in [-0.2, 0) is 13.2 Å². The molecule has 0 aliphatic heterocycles. The summed E-state index contributed by atoms with van der Waals surface area (Å²) in [6.45, 7) is 0.632. The Morgan fingerprint density at radius 1 is 1.44 bits per heavy atom. The van der Waals surface area contributed by atoms with Gasteiger partial charge in [-0.2, -0.15) is 5.26 Å². The van der Waals surface area contributed by atoms with Crippen molar-refractivity contribution >= 4 is 33.0 Å². The average Bonchev–Trinajstić information content (AvgIpc) is 2.84. The average molecular weight is 323 g/mol. The van der Waals surface area contributed by atoms with E-state index < -0.39 is 0 Å². The summed E-state index contributed by atoms with van der Waals surface area (Å²) in [4.78, 5) is 1.09. The van der Waals surface area contributed by atoms with Gasteiger partial charge in [0.1, 0.15) is 6.07 Å². The number of hydrogen-bond donors (Lipinski definition) is 2. The van der Waals surface area contributed by atoms with Crippen molar-refractivity contribution in [2.75, 3.05) is 5.32 Å². The molecule has 1 aromatic heterocycles. The number of aliphatic hydroxyl groups is 1. The summed E-state index contributed by atoms with van der Waals surface area (Å²) >= 11 is 4.96. The number of aliphatic hydroxyl groups excluding tert-OH is 1. The third-order valence-electron chi connectivity index (χ3n) is 2.51. The fourth-order valence-corrected chi connectivity index (χ4v) is 2.84. The zero-order chi connectivity index (χ0) is 13.0. The predicted octanol–water partition coefficient (Wildman–Crippen LogP) is 3.49. The van der Waals surface area contributed by atoms with Crippen molar-refractivity contribution in [3.05, 3.63) is 50.1 Å². The summed E-state index contributed by atoms with van der Waals surface area (Å²) in [5.41, 5.74) is 2.43. The fraction of sp³-hybridized carbons (Fsp3) is 0.154. The summed E-state index contributed by atoms with van der Waals surface area (Å²) in [7, 11) is 0. The number of thiophene rings is 1. The van der Waals surface area contributed by atoms with E-state index in [9.17, 15) is 5.11 Å². The van der Waals surface area contributed by atoms with Gasteiger partial charge in [0.15, 0.2) is 0 Å². The first kappa shape index (κ1) is 13.1. The number of nitrogens with zero attached hydrogens (tertiary/aromatic N) is 1. The van der Waals surface area contributed by atoms with Gasteiger partial charge in [0.2, 0.25) is 0 Å². The lowest BCUT2D eigenvalue weighted by Gasteiger charge is -2.11. The van der Waals surface area contributed by atoms with Crippen molar-refractivity contribution in [3.63, 3.8) is 0 Å². The van der Waals surface area contributed by atoms with Crippen molar-refractivity contribution in [2.24, 2.45) is 0 Å². The number of rotatable bonds is 4. The second-order valence-corrected chi connectivity index (χ2v) is 5.54. The number of halogens is 1. The van der Waals surface area contributed by atoms with Gasteiger partial charge in [0.05, 0.1) is 12.2 Å². The Kier molecular flexibility index (Phi) is 4.37. The first-order chi connectivity index (χ1) is 8.74. The van der Waals surface area contributed by atoms with Crippen LogP contribution in [0.3, 0.4) is 0 Å². The maximum absolute atomic E-state index is 9.33. The minimum absolute atomic E-state index is 0.0162. The van der Waals surface area contributed by atoms with Crippen LogP contribution in [0.5, 0.6) is 0 Å². The Morgan fingerprint density at radius 2 is 2.28 bits per heavy atom. The topological polar surface area (TPSA) is 56.0 Å². The largest absolute Gasteiger partial charge is 0.392 e. The fourth-order valence-electron chi connectivity index (χ4n) is 1.60. The molecule has 0 atom stereocenters. The van der Waals surface area contributed by atoms with Crippen LogP contribution in [0.1, 0.15) is 16.0 Å². The van der Waals surface area contributed by atoms with Gasteiger partial charge in [-0.25, -0.2) is 0 Å². The zero-order valence-corrected chi connectivity index (χ0v) is 11.9. The normalized spacial score (nSPS) is 10.1. The van der Waals surface area contributed by atoms with Crippen LogP contribution in [0.4, 0.5) is 5.69 Å². The van der Waals surface area contributed by atoms with Crippen LogP contribution in [-0.4, -0.2) is 5.11 Å². The van der Waals surface area contributed by atoms with E-state index in [2.05, 4.69) is 27.3 Å². The van der Waals surface area contributed by atoms with Crippen LogP contribution in [0.2, 0.25) is 0 Å². The highest BCUT2D eigenvalue weighted by Gasteiger charge is 2.06. The van der Waals surface area contributed by atoms with Crippen LogP contribution in [0.15, 0.2) is 34.1 Å². The minimum Gasteiger partial charge on any atom is -0.392 e. The molecule has 0 bridgehead atoms. The van der Waals surface area contributed by atoms with E-state index in [-0.39, 0.29) is 6.61 Å². The monoisotopic (exact) mass is 322 g/mol. The second kappa shape index (κ2) is 6.01. The SMILES string of the molecule is N#Cc1csc(CNc2cccc(Br)c2CO)c1. The van der Waals surface area contributed by atoms with Gasteiger partial charge in [-0.15, -0.1) is 11.3 Å². The predicted molar refractivity (Wildman–Crippen MR) is 76.4 cm³/mol. The Morgan fingerprint density at radius 3 is 2.94 bits per heavy atom. The molecular weight excluding hydrogens is 312 g/mol. The molecule has 0 aliphatic rings. The summed E-state index contributed by atoms with van der Waals surface area (Å²) in [6.07, 6.45) is 0. The zero-order valence-electron chi connectivity index (χ0n) is 9.48. The van der Waals surface area contributed by atoms with Crippen molar-refractivity contribution < 1.29 is 5.11 Å². The van der Waals surface area contributed by atoms with Gasteiger partial charge < -0.3 is 10.4 Å². The summed E-state index contributed by atoms with van der Waals surface area (Å²) < 4.78 is 0.888. The Labute approximate surface area is 118 Å². The molecule has 18 heavy (non-hydrogen) atoms. The summed E-state index contributed by atoms with van der Waals surface area (Å²) in [5.74, 6) is 0. The molecular formula is C13H11BrN2OS. The number of nitriles is 1. The molecule has 3 nitrogen and oxygen atoms in total. The minimum atomic E-state index is -0.0162. The third-order valence-corrected chi connectivity index (χ3v) is 4.19. The van der Waals surface area contributed by atoms with Crippen LogP contribution in [0.25, 0.3) is 0 Å². The lowest BCUT2D eigenvalue weighted by Crippen LogP contribution is -2.01.